The number of ether oxygens (including phenoxy) is 1. The maximum absolute atomic E-state index is 12.8. The number of carbonyl (C=O) groups is 1. The molecule has 1 saturated heterocycles. The van der Waals surface area contributed by atoms with Gasteiger partial charge < -0.3 is 9.64 Å². The van der Waals surface area contributed by atoms with Crippen LogP contribution in [0.4, 0.5) is 4.39 Å². The summed E-state index contributed by atoms with van der Waals surface area (Å²) in [5.74, 6) is -0.0275. The minimum atomic E-state index is -0.217. The molecule has 0 aromatic heterocycles. The number of aryl methyl sites for hydroxylation is 1. The van der Waals surface area contributed by atoms with E-state index in [9.17, 15) is 9.18 Å². The van der Waals surface area contributed by atoms with Crippen molar-refractivity contribution in [3.05, 3.63) is 35.6 Å². The number of hydrogen-bond donors (Lipinski definition) is 0. The van der Waals surface area contributed by atoms with E-state index in [0.29, 0.717) is 12.5 Å². The largest absolute Gasteiger partial charge is 0.378 e. The van der Waals surface area contributed by atoms with Crippen molar-refractivity contribution in [2.24, 2.45) is 0 Å². The number of amides is 1. The molecule has 1 aromatic rings. The lowest BCUT2D eigenvalue weighted by Gasteiger charge is -2.18. The number of halogens is 1. The summed E-state index contributed by atoms with van der Waals surface area (Å²) in [5, 5.41) is 0. The van der Waals surface area contributed by atoms with E-state index in [4.69, 9.17) is 4.74 Å². The molecule has 1 fully saturated rings. The molecule has 0 bridgehead atoms. The van der Waals surface area contributed by atoms with Crippen LogP contribution in [0.3, 0.4) is 0 Å². The van der Waals surface area contributed by atoms with Gasteiger partial charge in [0.1, 0.15) is 5.82 Å². The summed E-state index contributed by atoms with van der Waals surface area (Å²) in [7, 11) is 1.87. The third-order valence-electron chi connectivity index (χ3n) is 4.24. The van der Waals surface area contributed by atoms with Gasteiger partial charge in [0.2, 0.25) is 5.91 Å². The van der Waals surface area contributed by atoms with Crippen LogP contribution in [0.25, 0.3) is 0 Å². The van der Waals surface area contributed by atoms with E-state index in [1.54, 1.807) is 12.1 Å². The Labute approximate surface area is 132 Å². The third-order valence-corrected chi connectivity index (χ3v) is 4.24. The molecule has 122 valence electrons. The zero-order valence-electron chi connectivity index (χ0n) is 13.4. The second kappa shape index (κ2) is 8.89. The van der Waals surface area contributed by atoms with E-state index in [1.807, 2.05) is 11.9 Å². The molecule has 0 saturated carbocycles. The number of rotatable bonds is 8. The van der Waals surface area contributed by atoms with Crippen LogP contribution in [0, 0.1) is 5.82 Å². The van der Waals surface area contributed by atoms with Gasteiger partial charge in [-0.05, 0) is 56.2 Å². The minimum Gasteiger partial charge on any atom is -0.378 e. The quantitative estimate of drug-likeness (QED) is 0.735. The van der Waals surface area contributed by atoms with E-state index in [2.05, 4.69) is 0 Å². The van der Waals surface area contributed by atoms with E-state index >= 15 is 0 Å². The Kier molecular flexibility index (Phi) is 6.84. The summed E-state index contributed by atoms with van der Waals surface area (Å²) in [5.41, 5.74) is 1.08. The topological polar surface area (TPSA) is 29.5 Å². The fraction of sp³-hybridized carbons (Fsp3) is 0.611. The summed E-state index contributed by atoms with van der Waals surface area (Å²) in [6.07, 6.45) is 6.96. The molecule has 1 amide bonds. The first-order valence-electron chi connectivity index (χ1n) is 8.25. The van der Waals surface area contributed by atoms with Crippen molar-refractivity contribution in [3.8, 4) is 0 Å². The van der Waals surface area contributed by atoms with Crippen molar-refractivity contribution in [2.75, 3.05) is 20.2 Å². The number of hydrogen-bond acceptors (Lipinski definition) is 2. The van der Waals surface area contributed by atoms with Gasteiger partial charge in [0.25, 0.3) is 0 Å². The van der Waals surface area contributed by atoms with Crippen molar-refractivity contribution in [1.82, 2.24) is 4.90 Å². The van der Waals surface area contributed by atoms with Gasteiger partial charge in [-0.15, -0.1) is 0 Å². The average Bonchev–Trinajstić information content (AvgIpc) is 3.02. The summed E-state index contributed by atoms with van der Waals surface area (Å²) >= 11 is 0. The Hall–Kier alpha value is -1.42. The highest BCUT2D eigenvalue weighted by atomic mass is 19.1. The van der Waals surface area contributed by atoms with Crippen LogP contribution in [0.1, 0.15) is 44.1 Å². The molecule has 1 aliphatic rings. The van der Waals surface area contributed by atoms with Crippen molar-refractivity contribution >= 4 is 5.91 Å². The molecular weight excluding hydrogens is 281 g/mol. The molecule has 1 aliphatic heterocycles. The lowest BCUT2D eigenvalue weighted by Crippen LogP contribution is -2.28. The molecule has 0 radical (unpaired) electrons. The monoisotopic (exact) mass is 307 g/mol. The van der Waals surface area contributed by atoms with Crippen molar-refractivity contribution in [1.29, 1.82) is 0 Å². The molecule has 1 atom stereocenters. The lowest BCUT2D eigenvalue weighted by atomic mass is 10.1. The molecule has 2 rings (SSSR count). The normalized spacial score (nSPS) is 17.6. The van der Waals surface area contributed by atoms with Crippen molar-refractivity contribution in [3.63, 3.8) is 0 Å². The number of nitrogens with zero attached hydrogens (tertiary/aromatic N) is 1. The molecule has 22 heavy (non-hydrogen) atoms. The number of carbonyl (C=O) groups excluding carboxylic acids is 1. The van der Waals surface area contributed by atoms with E-state index in [1.165, 1.54) is 18.6 Å². The molecule has 0 aliphatic carbocycles. The van der Waals surface area contributed by atoms with Gasteiger partial charge in [0.05, 0.1) is 6.10 Å². The first-order valence-corrected chi connectivity index (χ1v) is 8.25. The van der Waals surface area contributed by atoms with Gasteiger partial charge in [-0.1, -0.05) is 12.1 Å². The van der Waals surface area contributed by atoms with E-state index < -0.39 is 0 Å². The van der Waals surface area contributed by atoms with Crippen LogP contribution < -0.4 is 0 Å². The maximum Gasteiger partial charge on any atom is 0.222 e. The van der Waals surface area contributed by atoms with Crippen LogP contribution in [-0.4, -0.2) is 37.1 Å². The van der Waals surface area contributed by atoms with Crippen molar-refractivity contribution in [2.45, 2.75) is 51.0 Å². The highest BCUT2D eigenvalue weighted by molar-refractivity contribution is 5.75. The molecule has 1 heterocycles. The third kappa shape index (κ3) is 5.76. The molecule has 0 N–H and O–H groups in total. The smallest absolute Gasteiger partial charge is 0.222 e. The van der Waals surface area contributed by atoms with Crippen LogP contribution in [-0.2, 0) is 16.0 Å². The first kappa shape index (κ1) is 16.9. The van der Waals surface area contributed by atoms with Gasteiger partial charge >= 0.3 is 0 Å². The standard InChI is InChI=1S/C18H26FNO2/c1-20(13-3-6-17-7-4-14-22-17)18(21)8-2-5-15-9-11-16(19)12-10-15/h9-12,17H,2-8,13-14H2,1H3. The van der Waals surface area contributed by atoms with Gasteiger partial charge in [0, 0.05) is 26.6 Å². The Balaban J connectivity index is 1.58. The summed E-state index contributed by atoms with van der Waals surface area (Å²) in [6.45, 7) is 1.69. The summed E-state index contributed by atoms with van der Waals surface area (Å²) in [4.78, 5) is 13.9. The SMILES string of the molecule is CN(CCCC1CCCO1)C(=O)CCCc1ccc(F)cc1. The second-order valence-corrected chi connectivity index (χ2v) is 6.07. The van der Waals surface area contributed by atoms with Crippen LogP contribution in [0.5, 0.6) is 0 Å². The highest BCUT2D eigenvalue weighted by Crippen LogP contribution is 2.17. The van der Waals surface area contributed by atoms with Crippen LogP contribution >= 0.6 is 0 Å². The predicted octanol–water partition coefficient (Wildman–Crippen LogP) is 3.57. The zero-order chi connectivity index (χ0) is 15.8. The Morgan fingerprint density at radius 3 is 2.77 bits per heavy atom. The molecule has 0 spiro atoms. The average molecular weight is 307 g/mol. The van der Waals surface area contributed by atoms with E-state index in [0.717, 1.165) is 50.8 Å². The second-order valence-electron chi connectivity index (χ2n) is 6.07. The van der Waals surface area contributed by atoms with Crippen LogP contribution in [0.2, 0.25) is 0 Å². The Bertz CT molecular complexity index is 455. The summed E-state index contributed by atoms with van der Waals surface area (Å²) < 4.78 is 18.4. The van der Waals surface area contributed by atoms with Gasteiger partial charge in [0.15, 0.2) is 0 Å². The lowest BCUT2D eigenvalue weighted by molar-refractivity contribution is -0.130. The van der Waals surface area contributed by atoms with Gasteiger partial charge in [-0.25, -0.2) is 4.39 Å². The Morgan fingerprint density at radius 2 is 2.09 bits per heavy atom. The number of benzene rings is 1. The first-order chi connectivity index (χ1) is 10.6. The minimum absolute atomic E-state index is 0.189. The van der Waals surface area contributed by atoms with Gasteiger partial charge in [-0.2, -0.15) is 0 Å². The molecule has 3 nitrogen and oxygen atoms in total. The zero-order valence-corrected chi connectivity index (χ0v) is 13.4. The van der Waals surface area contributed by atoms with Crippen molar-refractivity contribution < 1.29 is 13.9 Å². The van der Waals surface area contributed by atoms with Crippen LogP contribution in [0.15, 0.2) is 24.3 Å². The fourth-order valence-corrected chi connectivity index (χ4v) is 2.84. The fourth-order valence-electron chi connectivity index (χ4n) is 2.84. The van der Waals surface area contributed by atoms with E-state index in [-0.39, 0.29) is 11.7 Å². The van der Waals surface area contributed by atoms with Gasteiger partial charge in [-0.3, -0.25) is 4.79 Å². The predicted molar refractivity (Wildman–Crippen MR) is 85.2 cm³/mol. The molecule has 4 heteroatoms. The molecule has 1 aromatic carbocycles. The summed E-state index contributed by atoms with van der Waals surface area (Å²) in [6, 6.07) is 6.50. The Morgan fingerprint density at radius 1 is 1.32 bits per heavy atom. The molecular formula is C18H26FNO2. The molecule has 1 unspecified atom stereocenters. The highest BCUT2D eigenvalue weighted by Gasteiger charge is 2.15. The maximum atomic E-state index is 12.8.